The van der Waals surface area contributed by atoms with Crippen molar-refractivity contribution in [2.24, 2.45) is 5.73 Å². The second-order valence-corrected chi connectivity index (χ2v) is 3.33. The van der Waals surface area contributed by atoms with E-state index in [9.17, 15) is 0 Å². The highest BCUT2D eigenvalue weighted by Gasteiger charge is 2.22. The summed E-state index contributed by atoms with van der Waals surface area (Å²) in [5.41, 5.74) is 5.43. The maximum atomic E-state index is 5.55. The molecule has 0 aliphatic rings. The SMILES string of the molecule is Cc1nc(C(C)(C)CN)n[nH]1.Cl. The molecule has 1 rings (SSSR count). The van der Waals surface area contributed by atoms with Crippen LogP contribution in [0.3, 0.4) is 0 Å². The van der Waals surface area contributed by atoms with Gasteiger partial charge in [-0.05, 0) is 6.92 Å². The third-order valence-corrected chi connectivity index (χ3v) is 1.71. The van der Waals surface area contributed by atoms with Crippen LogP contribution >= 0.6 is 12.4 Å². The number of H-pyrrole nitrogens is 1. The van der Waals surface area contributed by atoms with Gasteiger partial charge in [0.1, 0.15) is 5.82 Å². The normalized spacial score (nSPS) is 11.0. The van der Waals surface area contributed by atoms with Crippen molar-refractivity contribution in [3.63, 3.8) is 0 Å². The van der Waals surface area contributed by atoms with Gasteiger partial charge in [-0.1, -0.05) is 13.8 Å². The molecule has 0 bridgehead atoms. The lowest BCUT2D eigenvalue weighted by molar-refractivity contribution is 0.504. The average molecular weight is 191 g/mol. The van der Waals surface area contributed by atoms with Crippen LogP contribution in [0.25, 0.3) is 0 Å². The standard InChI is InChI=1S/C7H14N4.ClH/c1-5-9-6(11-10-5)7(2,3)4-8;/h4,8H2,1-3H3,(H,9,10,11);1H. The minimum Gasteiger partial charge on any atom is -0.329 e. The minimum atomic E-state index is -0.120. The van der Waals surface area contributed by atoms with E-state index in [1.165, 1.54) is 0 Å². The summed E-state index contributed by atoms with van der Waals surface area (Å²) in [6, 6.07) is 0. The largest absolute Gasteiger partial charge is 0.329 e. The molecule has 0 saturated heterocycles. The number of nitrogens with two attached hydrogens (primary N) is 1. The molecule has 1 heterocycles. The number of aryl methyl sites for hydroxylation is 1. The number of halogens is 1. The third kappa shape index (κ3) is 2.19. The van der Waals surface area contributed by atoms with Crippen LogP contribution < -0.4 is 5.73 Å². The molecule has 3 N–H and O–H groups in total. The molecule has 70 valence electrons. The van der Waals surface area contributed by atoms with Gasteiger partial charge in [-0.15, -0.1) is 12.4 Å². The van der Waals surface area contributed by atoms with Gasteiger partial charge in [-0.2, -0.15) is 5.10 Å². The summed E-state index contributed by atoms with van der Waals surface area (Å²) in [5, 5.41) is 6.83. The van der Waals surface area contributed by atoms with E-state index in [0.717, 1.165) is 11.6 Å². The number of hydrogen-bond acceptors (Lipinski definition) is 3. The molecule has 0 spiro atoms. The average Bonchev–Trinajstić information content (AvgIpc) is 2.36. The summed E-state index contributed by atoms with van der Waals surface area (Å²) in [4.78, 5) is 4.21. The lowest BCUT2D eigenvalue weighted by Crippen LogP contribution is -2.29. The van der Waals surface area contributed by atoms with Gasteiger partial charge in [0, 0.05) is 12.0 Å². The van der Waals surface area contributed by atoms with Gasteiger partial charge in [-0.25, -0.2) is 4.98 Å². The van der Waals surface area contributed by atoms with Crippen molar-refractivity contribution in [3.05, 3.63) is 11.6 Å². The Morgan fingerprint density at radius 3 is 2.42 bits per heavy atom. The van der Waals surface area contributed by atoms with Gasteiger partial charge >= 0.3 is 0 Å². The topological polar surface area (TPSA) is 67.6 Å². The molecule has 0 saturated carbocycles. The highest BCUT2D eigenvalue weighted by molar-refractivity contribution is 5.85. The van der Waals surface area contributed by atoms with Crippen molar-refractivity contribution in [2.75, 3.05) is 6.54 Å². The van der Waals surface area contributed by atoms with Crippen LogP contribution in [0, 0.1) is 6.92 Å². The predicted octanol–water partition coefficient (Wildman–Crippen LogP) is 0.771. The van der Waals surface area contributed by atoms with Crippen LogP contribution in [0.15, 0.2) is 0 Å². The van der Waals surface area contributed by atoms with E-state index in [2.05, 4.69) is 15.2 Å². The van der Waals surface area contributed by atoms with Crippen molar-refractivity contribution < 1.29 is 0 Å². The number of hydrogen-bond donors (Lipinski definition) is 2. The molecule has 5 heteroatoms. The molecular weight excluding hydrogens is 176 g/mol. The number of nitrogens with zero attached hydrogens (tertiary/aromatic N) is 2. The lowest BCUT2D eigenvalue weighted by atomic mass is 9.93. The first-order chi connectivity index (χ1) is 5.06. The number of aromatic amines is 1. The van der Waals surface area contributed by atoms with Gasteiger partial charge in [0.25, 0.3) is 0 Å². The van der Waals surface area contributed by atoms with Crippen LogP contribution in [-0.4, -0.2) is 21.7 Å². The first-order valence-corrected chi connectivity index (χ1v) is 3.66. The molecule has 4 nitrogen and oxygen atoms in total. The maximum absolute atomic E-state index is 5.55. The quantitative estimate of drug-likeness (QED) is 0.724. The predicted molar refractivity (Wildman–Crippen MR) is 50.4 cm³/mol. The molecule has 0 aliphatic carbocycles. The molecule has 0 aromatic carbocycles. The first kappa shape index (κ1) is 11.4. The highest BCUT2D eigenvalue weighted by Crippen LogP contribution is 2.16. The Morgan fingerprint density at radius 2 is 2.08 bits per heavy atom. The summed E-state index contributed by atoms with van der Waals surface area (Å²) >= 11 is 0. The van der Waals surface area contributed by atoms with Crippen LogP contribution in [0.5, 0.6) is 0 Å². The second-order valence-electron chi connectivity index (χ2n) is 3.33. The van der Waals surface area contributed by atoms with Crippen molar-refractivity contribution in [1.82, 2.24) is 15.2 Å². The van der Waals surface area contributed by atoms with E-state index < -0.39 is 0 Å². The summed E-state index contributed by atoms with van der Waals surface area (Å²) in [5.74, 6) is 1.62. The molecule has 1 aromatic rings. The van der Waals surface area contributed by atoms with E-state index in [1.807, 2.05) is 20.8 Å². The van der Waals surface area contributed by atoms with Gasteiger partial charge in [0.05, 0.1) is 0 Å². The van der Waals surface area contributed by atoms with Crippen LogP contribution in [0.4, 0.5) is 0 Å². The molecule has 12 heavy (non-hydrogen) atoms. The molecule has 0 fully saturated rings. The van der Waals surface area contributed by atoms with Crippen molar-refractivity contribution in [3.8, 4) is 0 Å². The molecule has 0 unspecified atom stereocenters. The maximum Gasteiger partial charge on any atom is 0.157 e. The van der Waals surface area contributed by atoms with Crippen LogP contribution in [0.2, 0.25) is 0 Å². The van der Waals surface area contributed by atoms with Gasteiger partial charge in [0.15, 0.2) is 5.82 Å². The minimum absolute atomic E-state index is 0. The number of rotatable bonds is 2. The van der Waals surface area contributed by atoms with Gasteiger partial charge in [-0.3, -0.25) is 5.10 Å². The van der Waals surface area contributed by atoms with Crippen LogP contribution in [-0.2, 0) is 5.41 Å². The van der Waals surface area contributed by atoms with Gasteiger partial charge in [0.2, 0.25) is 0 Å². The second kappa shape index (κ2) is 3.87. The molecule has 0 aliphatic heterocycles. The Labute approximate surface area is 78.4 Å². The molecule has 0 amide bonds. The number of aromatic nitrogens is 3. The van der Waals surface area contributed by atoms with E-state index in [4.69, 9.17) is 5.73 Å². The lowest BCUT2D eigenvalue weighted by Gasteiger charge is -2.16. The Bertz CT molecular complexity index is 243. The molecule has 0 atom stereocenters. The van der Waals surface area contributed by atoms with Crippen molar-refractivity contribution in [1.29, 1.82) is 0 Å². The number of nitrogens with one attached hydrogen (secondary N) is 1. The van der Waals surface area contributed by atoms with E-state index in [1.54, 1.807) is 0 Å². The Morgan fingerprint density at radius 1 is 1.50 bits per heavy atom. The smallest absolute Gasteiger partial charge is 0.157 e. The van der Waals surface area contributed by atoms with Gasteiger partial charge < -0.3 is 5.73 Å². The fourth-order valence-corrected chi connectivity index (χ4v) is 0.737. The van der Waals surface area contributed by atoms with E-state index in [0.29, 0.717) is 6.54 Å². The Balaban J connectivity index is 0.00000121. The van der Waals surface area contributed by atoms with E-state index >= 15 is 0 Å². The Kier molecular flexibility index (Phi) is 3.67. The fraction of sp³-hybridized carbons (Fsp3) is 0.714. The first-order valence-electron chi connectivity index (χ1n) is 3.66. The zero-order valence-electron chi connectivity index (χ0n) is 7.59. The summed E-state index contributed by atoms with van der Waals surface area (Å²) in [6.07, 6.45) is 0. The summed E-state index contributed by atoms with van der Waals surface area (Å²) < 4.78 is 0. The zero-order chi connectivity index (χ0) is 8.48. The van der Waals surface area contributed by atoms with Crippen molar-refractivity contribution >= 4 is 12.4 Å². The van der Waals surface area contributed by atoms with Crippen LogP contribution in [0.1, 0.15) is 25.5 Å². The van der Waals surface area contributed by atoms with Crippen molar-refractivity contribution in [2.45, 2.75) is 26.2 Å². The molecule has 0 radical (unpaired) electrons. The molecule has 1 aromatic heterocycles. The summed E-state index contributed by atoms with van der Waals surface area (Å²) in [7, 11) is 0. The summed E-state index contributed by atoms with van der Waals surface area (Å²) in [6.45, 7) is 6.48. The third-order valence-electron chi connectivity index (χ3n) is 1.71. The zero-order valence-corrected chi connectivity index (χ0v) is 8.40. The van der Waals surface area contributed by atoms with E-state index in [-0.39, 0.29) is 17.8 Å². The Hall–Kier alpha value is -0.610. The molecular formula is C7H15ClN4. The fourth-order valence-electron chi connectivity index (χ4n) is 0.737. The highest BCUT2D eigenvalue weighted by atomic mass is 35.5. The monoisotopic (exact) mass is 190 g/mol.